The molecule has 5 nitrogen and oxygen atoms in total. The molecular weight excluding hydrogens is 176 g/mol. The number of aliphatic hydroxyl groups excluding tert-OH is 4. The second-order valence-corrected chi connectivity index (χ2v) is 3.30. The van der Waals surface area contributed by atoms with Crippen LogP contribution in [0.5, 0.6) is 0 Å². The van der Waals surface area contributed by atoms with E-state index in [1.54, 1.807) is 13.8 Å². The maximum absolute atomic E-state index is 9.39. The van der Waals surface area contributed by atoms with Crippen molar-refractivity contribution in [2.24, 2.45) is 0 Å². The van der Waals surface area contributed by atoms with E-state index in [9.17, 15) is 10.2 Å². The van der Waals surface area contributed by atoms with Crippen molar-refractivity contribution in [2.75, 3.05) is 0 Å². The van der Waals surface area contributed by atoms with E-state index in [-0.39, 0.29) is 5.76 Å². The van der Waals surface area contributed by atoms with Gasteiger partial charge < -0.3 is 25.2 Å². The Labute approximate surface area is 75.9 Å². The average Bonchev–Trinajstić information content (AvgIpc) is 2.07. The fraction of sp³-hybridized carbons (Fsp3) is 0.750. The summed E-state index contributed by atoms with van der Waals surface area (Å²) in [6, 6.07) is 0. The predicted molar refractivity (Wildman–Crippen MR) is 43.5 cm³/mol. The lowest BCUT2D eigenvalue weighted by Crippen LogP contribution is -2.51. The topological polar surface area (TPSA) is 90.2 Å². The van der Waals surface area contributed by atoms with Crippen LogP contribution in [-0.2, 0) is 4.74 Å². The van der Waals surface area contributed by atoms with Crippen molar-refractivity contribution in [3.63, 3.8) is 0 Å². The fourth-order valence-corrected chi connectivity index (χ4v) is 1.19. The summed E-state index contributed by atoms with van der Waals surface area (Å²) >= 11 is 0. The van der Waals surface area contributed by atoms with Crippen LogP contribution in [0.3, 0.4) is 0 Å². The average molecular weight is 190 g/mol. The minimum Gasteiger partial charge on any atom is -0.464 e. The summed E-state index contributed by atoms with van der Waals surface area (Å²) in [6.07, 6.45) is -5.64. The third-order valence-corrected chi connectivity index (χ3v) is 1.97. The maximum atomic E-state index is 9.39. The quantitative estimate of drug-likeness (QED) is 0.381. The normalized spacial score (nSPS) is 40.0. The van der Waals surface area contributed by atoms with E-state index in [4.69, 9.17) is 14.9 Å². The molecule has 0 radical (unpaired) electrons. The summed E-state index contributed by atoms with van der Waals surface area (Å²) < 4.78 is 4.82. The Kier molecular flexibility index (Phi) is 2.92. The van der Waals surface area contributed by atoms with E-state index < -0.39 is 24.6 Å². The smallest absolute Gasteiger partial charge is 0.226 e. The van der Waals surface area contributed by atoms with Crippen LogP contribution in [0, 0.1) is 0 Å². The van der Waals surface area contributed by atoms with Crippen molar-refractivity contribution in [1.29, 1.82) is 0 Å². The molecule has 13 heavy (non-hydrogen) atoms. The third-order valence-electron chi connectivity index (χ3n) is 1.97. The van der Waals surface area contributed by atoms with Crippen molar-refractivity contribution in [3.8, 4) is 0 Å². The van der Waals surface area contributed by atoms with Gasteiger partial charge in [0, 0.05) is 0 Å². The van der Waals surface area contributed by atoms with Crippen LogP contribution in [0.1, 0.15) is 13.8 Å². The predicted octanol–water partition coefficient (Wildman–Crippen LogP) is -1.29. The standard InChI is InChI=1S/C8H14O5/c1-3(2)7-5(10)4(9)6(11)8(12)13-7/h4-6,8-12H,1-2H3/t4-,5+,6+,8-/m0/s1. The van der Waals surface area contributed by atoms with Gasteiger partial charge in [0.15, 0.2) is 0 Å². The largest absolute Gasteiger partial charge is 0.464 e. The zero-order chi connectivity index (χ0) is 10.2. The highest BCUT2D eigenvalue weighted by atomic mass is 16.6. The summed E-state index contributed by atoms with van der Waals surface area (Å²) in [7, 11) is 0. The molecule has 0 aliphatic carbocycles. The van der Waals surface area contributed by atoms with E-state index in [0.29, 0.717) is 5.57 Å². The first kappa shape index (κ1) is 10.5. The lowest BCUT2D eigenvalue weighted by molar-refractivity contribution is -0.225. The summed E-state index contributed by atoms with van der Waals surface area (Å²) in [5, 5.41) is 36.9. The SMILES string of the molecule is CC(C)=C1O[C@H](O)[C@H](O)[C@@H](O)[C@H]1O. The Morgan fingerprint density at radius 1 is 1.08 bits per heavy atom. The number of rotatable bonds is 0. The molecule has 0 aromatic rings. The van der Waals surface area contributed by atoms with Crippen molar-refractivity contribution in [2.45, 2.75) is 38.4 Å². The number of aliphatic hydroxyl groups is 4. The molecule has 4 N–H and O–H groups in total. The van der Waals surface area contributed by atoms with Gasteiger partial charge >= 0.3 is 0 Å². The second kappa shape index (κ2) is 3.63. The molecule has 0 unspecified atom stereocenters. The number of hydrogen-bond acceptors (Lipinski definition) is 5. The Hall–Kier alpha value is -0.620. The van der Waals surface area contributed by atoms with Crippen molar-refractivity contribution >= 4 is 0 Å². The van der Waals surface area contributed by atoms with Crippen molar-refractivity contribution < 1.29 is 25.2 Å². The molecule has 1 rings (SSSR count). The minimum absolute atomic E-state index is 0.116. The van der Waals surface area contributed by atoms with Crippen molar-refractivity contribution in [3.05, 3.63) is 11.3 Å². The van der Waals surface area contributed by atoms with Gasteiger partial charge in [-0.1, -0.05) is 0 Å². The Morgan fingerprint density at radius 3 is 2.08 bits per heavy atom. The summed E-state index contributed by atoms with van der Waals surface area (Å²) in [4.78, 5) is 0. The molecular formula is C8H14O5. The maximum Gasteiger partial charge on any atom is 0.226 e. The first-order valence-corrected chi connectivity index (χ1v) is 4.01. The van der Waals surface area contributed by atoms with E-state index in [1.807, 2.05) is 0 Å². The molecule has 1 saturated heterocycles. The molecule has 1 aliphatic rings. The van der Waals surface area contributed by atoms with E-state index in [2.05, 4.69) is 0 Å². The molecule has 1 aliphatic heterocycles. The van der Waals surface area contributed by atoms with Gasteiger partial charge in [0.25, 0.3) is 0 Å². The highest BCUT2D eigenvalue weighted by Gasteiger charge is 2.40. The van der Waals surface area contributed by atoms with Gasteiger partial charge in [0.2, 0.25) is 6.29 Å². The van der Waals surface area contributed by atoms with Crippen LogP contribution < -0.4 is 0 Å². The highest BCUT2D eigenvalue weighted by molar-refractivity contribution is 5.13. The lowest BCUT2D eigenvalue weighted by atomic mass is 10.0. The summed E-state index contributed by atoms with van der Waals surface area (Å²) in [5.41, 5.74) is 0.650. The molecule has 0 bridgehead atoms. The zero-order valence-corrected chi connectivity index (χ0v) is 7.51. The Balaban J connectivity index is 2.89. The van der Waals surface area contributed by atoms with Crippen LogP contribution in [-0.4, -0.2) is 45.0 Å². The number of hydrogen-bond donors (Lipinski definition) is 4. The first-order chi connectivity index (χ1) is 5.95. The van der Waals surface area contributed by atoms with Gasteiger partial charge in [-0.2, -0.15) is 0 Å². The van der Waals surface area contributed by atoms with Crippen LogP contribution in [0.4, 0.5) is 0 Å². The molecule has 0 saturated carbocycles. The van der Waals surface area contributed by atoms with Gasteiger partial charge in [0.1, 0.15) is 24.1 Å². The molecule has 1 fully saturated rings. The molecule has 0 aromatic carbocycles. The molecule has 4 atom stereocenters. The molecule has 5 heteroatoms. The van der Waals surface area contributed by atoms with Crippen LogP contribution in [0.25, 0.3) is 0 Å². The summed E-state index contributed by atoms with van der Waals surface area (Å²) in [5.74, 6) is 0.116. The van der Waals surface area contributed by atoms with Crippen LogP contribution >= 0.6 is 0 Å². The molecule has 0 amide bonds. The third kappa shape index (κ3) is 1.83. The highest BCUT2D eigenvalue weighted by Crippen LogP contribution is 2.24. The van der Waals surface area contributed by atoms with Gasteiger partial charge in [-0.05, 0) is 19.4 Å². The van der Waals surface area contributed by atoms with Gasteiger partial charge in [-0.3, -0.25) is 0 Å². The second-order valence-electron chi connectivity index (χ2n) is 3.30. The lowest BCUT2D eigenvalue weighted by Gasteiger charge is -2.35. The molecule has 0 spiro atoms. The Bertz CT molecular complexity index is 221. The molecule has 0 aromatic heterocycles. The van der Waals surface area contributed by atoms with Gasteiger partial charge in [0.05, 0.1) is 0 Å². The number of allylic oxidation sites excluding steroid dienone is 1. The van der Waals surface area contributed by atoms with Gasteiger partial charge in [-0.15, -0.1) is 0 Å². The first-order valence-electron chi connectivity index (χ1n) is 4.01. The van der Waals surface area contributed by atoms with Gasteiger partial charge in [-0.25, -0.2) is 0 Å². The monoisotopic (exact) mass is 190 g/mol. The van der Waals surface area contributed by atoms with E-state index >= 15 is 0 Å². The van der Waals surface area contributed by atoms with E-state index in [1.165, 1.54) is 0 Å². The van der Waals surface area contributed by atoms with Crippen molar-refractivity contribution in [1.82, 2.24) is 0 Å². The minimum atomic E-state index is -1.48. The number of ether oxygens (including phenoxy) is 1. The van der Waals surface area contributed by atoms with E-state index in [0.717, 1.165) is 0 Å². The summed E-state index contributed by atoms with van der Waals surface area (Å²) in [6.45, 7) is 3.35. The Morgan fingerprint density at radius 2 is 1.62 bits per heavy atom. The molecule has 1 heterocycles. The van der Waals surface area contributed by atoms with Crippen LogP contribution in [0.15, 0.2) is 11.3 Å². The zero-order valence-electron chi connectivity index (χ0n) is 7.51. The fourth-order valence-electron chi connectivity index (χ4n) is 1.19. The van der Waals surface area contributed by atoms with Crippen LogP contribution in [0.2, 0.25) is 0 Å². The molecule has 76 valence electrons.